The van der Waals surface area contributed by atoms with Crippen LogP contribution in [0.1, 0.15) is 45.4 Å². The number of carboxylic acid groups (broad SMARTS) is 1. The first-order chi connectivity index (χ1) is 8.55. The van der Waals surface area contributed by atoms with Crippen molar-refractivity contribution in [3.05, 3.63) is 0 Å². The number of urea groups is 1. The third kappa shape index (κ3) is 2.44. The van der Waals surface area contributed by atoms with Gasteiger partial charge >= 0.3 is 12.0 Å². The third-order valence-corrected chi connectivity index (χ3v) is 4.41. The Labute approximate surface area is 108 Å². The molecule has 2 fully saturated rings. The highest BCUT2D eigenvalue weighted by Gasteiger charge is 2.41. The minimum absolute atomic E-state index is 0.104. The zero-order chi connectivity index (χ0) is 13.2. The van der Waals surface area contributed by atoms with E-state index in [2.05, 4.69) is 5.32 Å². The average Bonchev–Trinajstić information content (AvgIpc) is 2.95. The highest BCUT2D eigenvalue weighted by Crippen LogP contribution is 2.37. The lowest BCUT2D eigenvalue weighted by Gasteiger charge is -2.27. The molecule has 2 rings (SSSR count). The van der Waals surface area contributed by atoms with Gasteiger partial charge in [0.2, 0.25) is 0 Å². The molecule has 2 amide bonds. The first-order valence-corrected chi connectivity index (χ1v) is 6.83. The molecule has 0 spiro atoms. The number of carbonyl (C=O) groups is 2. The van der Waals surface area contributed by atoms with E-state index in [0.29, 0.717) is 12.8 Å². The quantitative estimate of drug-likeness (QED) is 0.807. The van der Waals surface area contributed by atoms with Gasteiger partial charge in [-0.25, -0.2) is 4.79 Å². The topological polar surface area (TPSA) is 69.6 Å². The summed E-state index contributed by atoms with van der Waals surface area (Å²) in [7, 11) is 0. The summed E-state index contributed by atoms with van der Waals surface area (Å²) >= 11 is 0. The van der Waals surface area contributed by atoms with Gasteiger partial charge in [-0.3, -0.25) is 4.79 Å². The molecule has 5 heteroatoms. The number of nitrogens with one attached hydrogen (secondary N) is 1. The first kappa shape index (κ1) is 13.2. The Kier molecular flexibility index (Phi) is 3.78. The van der Waals surface area contributed by atoms with Gasteiger partial charge in [0.25, 0.3) is 0 Å². The van der Waals surface area contributed by atoms with Crippen molar-refractivity contribution in [2.75, 3.05) is 13.1 Å². The van der Waals surface area contributed by atoms with Crippen molar-refractivity contribution >= 4 is 12.0 Å². The van der Waals surface area contributed by atoms with Crippen LogP contribution in [0.15, 0.2) is 0 Å². The second-order valence-corrected chi connectivity index (χ2v) is 5.64. The Balaban J connectivity index is 1.90. The number of carbonyl (C=O) groups excluding carboxylic acids is 1. The molecule has 1 aliphatic heterocycles. The van der Waals surface area contributed by atoms with Crippen LogP contribution < -0.4 is 5.32 Å². The van der Waals surface area contributed by atoms with Crippen LogP contribution in [0.2, 0.25) is 0 Å². The molecule has 1 saturated carbocycles. The van der Waals surface area contributed by atoms with Gasteiger partial charge in [-0.05, 0) is 32.6 Å². The lowest BCUT2D eigenvalue weighted by atomic mass is 9.86. The zero-order valence-electron chi connectivity index (χ0n) is 10.9. The minimum Gasteiger partial charge on any atom is -0.481 e. The Bertz CT molecular complexity index is 337. The minimum atomic E-state index is -0.769. The summed E-state index contributed by atoms with van der Waals surface area (Å²) in [5, 5.41) is 12.2. The molecule has 0 radical (unpaired) electrons. The van der Waals surface area contributed by atoms with Crippen LogP contribution in [0.3, 0.4) is 0 Å². The van der Waals surface area contributed by atoms with Crippen LogP contribution in [-0.2, 0) is 4.79 Å². The largest absolute Gasteiger partial charge is 0.481 e. The van der Waals surface area contributed by atoms with E-state index in [1.807, 2.05) is 11.8 Å². The predicted octanol–water partition coefficient (Wildman–Crippen LogP) is 1.83. The monoisotopic (exact) mass is 254 g/mol. The number of amides is 2. The van der Waals surface area contributed by atoms with Crippen molar-refractivity contribution in [2.24, 2.45) is 5.41 Å². The number of carboxylic acids is 1. The van der Waals surface area contributed by atoms with E-state index in [-0.39, 0.29) is 18.6 Å². The maximum Gasteiger partial charge on any atom is 0.317 e. The Morgan fingerprint density at radius 2 is 2.00 bits per heavy atom. The number of aliphatic carboxylic acids is 1. The van der Waals surface area contributed by atoms with Gasteiger partial charge in [0, 0.05) is 19.1 Å². The normalized spacial score (nSPS) is 26.3. The molecule has 1 saturated heterocycles. The average molecular weight is 254 g/mol. The highest BCUT2D eigenvalue weighted by atomic mass is 16.4. The SMILES string of the molecule is CC1CCCN1C(=O)NCC1(C(=O)O)CCCC1. The maximum absolute atomic E-state index is 12.0. The molecular formula is C13H22N2O3. The number of hydrogen-bond acceptors (Lipinski definition) is 2. The van der Waals surface area contributed by atoms with E-state index in [1.54, 1.807) is 0 Å². The molecule has 1 unspecified atom stereocenters. The molecule has 18 heavy (non-hydrogen) atoms. The van der Waals surface area contributed by atoms with E-state index in [0.717, 1.165) is 32.2 Å². The summed E-state index contributed by atoms with van der Waals surface area (Å²) in [6.45, 7) is 3.09. The van der Waals surface area contributed by atoms with Gasteiger partial charge in [0.05, 0.1) is 5.41 Å². The van der Waals surface area contributed by atoms with E-state index in [4.69, 9.17) is 0 Å². The fraction of sp³-hybridized carbons (Fsp3) is 0.846. The molecule has 2 N–H and O–H groups in total. The molecule has 0 aromatic heterocycles. The van der Waals surface area contributed by atoms with Crippen LogP contribution in [0, 0.1) is 5.41 Å². The summed E-state index contributed by atoms with van der Waals surface area (Å²) in [4.78, 5) is 25.2. The molecule has 102 valence electrons. The van der Waals surface area contributed by atoms with E-state index in [1.165, 1.54) is 0 Å². The van der Waals surface area contributed by atoms with Crippen LogP contribution in [-0.4, -0.2) is 41.1 Å². The molecule has 1 aliphatic carbocycles. The van der Waals surface area contributed by atoms with Crippen molar-refractivity contribution in [2.45, 2.75) is 51.5 Å². The molecule has 2 aliphatic rings. The Morgan fingerprint density at radius 3 is 2.50 bits per heavy atom. The predicted molar refractivity (Wildman–Crippen MR) is 67.3 cm³/mol. The first-order valence-electron chi connectivity index (χ1n) is 6.83. The summed E-state index contributed by atoms with van der Waals surface area (Å²) < 4.78 is 0. The van der Waals surface area contributed by atoms with Crippen molar-refractivity contribution in [1.82, 2.24) is 10.2 Å². The summed E-state index contributed by atoms with van der Waals surface area (Å²) in [5.74, 6) is -0.769. The summed E-state index contributed by atoms with van der Waals surface area (Å²) in [6.07, 6.45) is 5.33. The third-order valence-electron chi connectivity index (χ3n) is 4.41. The fourth-order valence-corrected chi connectivity index (χ4v) is 3.10. The lowest BCUT2D eigenvalue weighted by molar-refractivity contribution is -0.148. The van der Waals surface area contributed by atoms with Crippen LogP contribution in [0.4, 0.5) is 4.79 Å². The number of nitrogens with zero attached hydrogens (tertiary/aromatic N) is 1. The van der Waals surface area contributed by atoms with E-state index >= 15 is 0 Å². The Morgan fingerprint density at radius 1 is 1.33 bits per heavy atom. The van der Waals surface area contributed by atoms with Crippen LogP contribution in [0.5, 0.6) is 0 Å². The zero-order valence-corrected chi connectivity index (χ0v) is 10.9. The van der Waals surface area contributed by atoms with Gasteiger partial charge in [-0.15, -0.1) is 0 Å². The van der Waals surface area contributed by atoms with Gasteiger partial charge in [0.1, 0.15) is 0 Å². The van der Waals surface area contributed by atoms with E-state index in [9.17, 15) is 14.7 Å². The Hall–Kier alpha value is -1.26. The molecule has 1 atom stereocenters. The van der Waals surface area contributed by atoms with Gasteiger partial charge in [-0.1, -0.05) is 12.8 Å². The molecular weight excluding hydrogens is 232 g/mol. The second-order valence-electron chi connectivity index (χ2n) is 5.64. The van der Waals surface area contributed by atoms with Crippen molar-refractivity contribution in [1.29, 1.82) is 0 Å². The fourth-order valence-electron chi connectivity index (χ4n) is 3.10. The molecule has 0 bridgehead atoms. The van der Waals surface area contributed by atoms with Gasteiger partial charge in [0.15, 0.2) is 0 Å². The van der Waals surface area contributed by atoms with Crippen LogP contribution in [0.25, 0.3) is 0 Å². The lowest BCUT2D eigenvalue weighted by Crippen LogP contribution is -2.47. The number of rotatable bonds is 3. The van der Waals surface area contributed by atoms with Crippen molar-refractivity contribution < 1.29 is 14.7 Å². The van der Waals surface area contributed by atoms with E-state index < -0.39 is 11.4 Å². The maximum atomic E-state index is 12.0. The molecule has 0 aromatic rings. The van der Waals surface area contributed by atoms with Crippen LogP contribution >= 0.6 is 0 Å². The second kappa shape index (κ2) is 5.16. The molecule has 1 heterocycles. The smallest absolute Gasteiger partial charge is 0.317 e. The molecule has 0 aromatic carbocycles. The van der Waals surface area contributed by atoms with Gasteiger partial charge < -0.3 is 15.3 Å². The number of hydrogen-bond donors (Lipinski definition) is 2. The number of likely N-dealkylation sites (tertiary alicyclic amines) is 1. The summed E-state index contributed by atoms with van der Waals surface area (Å²) in [5.41, 5.74) is -0.724. The van der Waals surface area contributed by atoms with Crippen molar-refractivity contribution in [3.63, 3.8) is 0 Å². The van der Waals surface area contributed by atoms with Crippen molar-refractivity contribution in [3.8, 4) is 0 Å². The van der Waals surface area contributed by atoms with Gasteiger partial charge in [-0.2, -0.15) is 0 Å². The standard InChI is InChI=1S/C13H22N2O3/c1-10-5-4-8-15(10)12(18)14-9-13(11(16)17)6-2-3-7-13/h10H,2-9H2,1H3,(H,14,18)(H,16,17). The molecule has 5 nitrogen and oxygen atoms in total. The highest BCUT2D eigenvalue weighted by molar-refractivity contribution is 5.78. The summed E-state index contributed by atoms with van der Waals surface area (Å²) in [6, 6.07) is 0.168.